The summed E-state index contributed by atoms with van der Waals surface area (Å²) in [5.41, 5.74) is 2.42. The van der Waals surface area contributed by atoms with Crippen molar-refractivity contribution >= 4 is 16.9 Å². The van der Waals surface area contributed by atoms with Crippen LogP contribution in [0.4, 0.5) is 13.2 Å². The summed E-state index contributed by atoms with van der Waals surface area (Å²) in [5.74, 6) is -3.74. The van der Waals surface area contributed by atoms with Crippen LogP contribution in [0.25, 0.3) is 11.0 Å². The Morgan fingerprint density at radius 1 is 1.28 bits per heavy atom. The average Bonchev–Trinajstić information content (AvgIpc) is 3.04. The van der Waals surface area contributed by atoms with Gasteiger partial charge in [0.15, 0.2) is 0 Å². The molecule has 3 aromatic rings. The maximum absolute atomic E-state index is 13.5. The SMILES string of the molecule is O=C(N[C@H]1CCC(F)(F)C[C@@H]1O)c1cc2ncccc2n1Cc1ccc(F)cc1. The summed E-state index contributed by atoms with van der Waals surface area (Å²) in [4.78, 5) is 17.2. The van der Waals surface area contributed by atoms with Gasteiger partial charge >= 0.3 is 0 Å². The summed E-state index contributed by atoms with van der Waals surface area (Å²) in [5, 5.41) is 12.7. The molecule has 0 spiro atoms. The fourth-order valence-electron chi connectivity index (χ4n) is 3.74. The maximum Gasteiger partial charge on any atom is 0.268 e. The zero-order valence-electron chi connectivity index (χ0n) is 15.5. The van der Waals surface area contributed by atoms with Gasteiger partial charge in [0.2, 0.25) is 0 Å². The molecule has 1 saturated carbocycles. The smallest absolute Gasteiger partial charge is 0.268 e. The number of amides is 1. The first-order valence-electron chi connectivity index (χ1n) is 9.38. The van der Waals surface area contributed by atoms with Crippen LogP contribution in [0.2, 0.25) is 0 Å². The number of benzene rings is 1. The number of halogens is 3. The van der Waals surface area contributed by atoms with E-state index in [4.69, 9.17) is 0 Å². The lowest BCUT2D eigenvalue weighted by atomic mass is 9.89. The van der Waals surface area contributed by atoms with Gasteiger partial charge in [-0.05, 0) is 42.3 Å². The molecule has 1 fully saturated rings. The molecular weight excluding hydrogens is 383 g/mol. The average molecular weight is 403 g/mol. The standard InChI is InChI=1S/C21H20F3N3O2/c22-14-5-3-13(4-6-14)12-27-17-2-1-9-25-16(17)10-18(27)20(29)26-15-7-8-21(23,24)11-19(15)28/h1-6,9-10,15,19,28H,7-8,11-12H2,(H,26,29)/t15-,19-/m0/s1. The molecule has 4 rings (SSSR count). The second kappa shape index (κ2) is 7.51. The van der Waals surface area contributed by atoms with E-state index < -0.39 is 30.4 Å². The number of nitrogens with one attached hydrogen (secondary N) is 1. The van der Waals surface area contributed by atoms with E-state index in [1.165, 1.54) is 12.1 Å². The lowest BCUT2D eigenvalue weighted by Crippen LogP contribution is -2.49. The summed E-state index contributed by atoms with van der Waals surface area (Å²) in [6.45, 7) is 0.309. The van der Waals surface area contributed by atoms with Crippen molar-refractivity contribution in [2.45, 2.75) is 43.9 Å². The van der Waals surface area contributed by atoms with E-state index in [-0.39, 0.29) is 18.7 Å². The fourth-order valence-corrected chi connectivity index (χ4v) is 3.74. The normalized spacial score (nSPS) is 21.2. The number of rotatable bonds is 4. The van der Waals surface area contributed by atoms with Gasteiger partial charge in [-0.15, -0.1) is 0 Å². The van der Waals surface area contributed by atoms with E-state index in [9.17, 15) is 23.1 Å². The van der Waals surface area contributed by atoms with Crippen molar-refractivity contribution < 1.29 is 23.1 Å². The Morgan fingerprint density at radius 2 is 2.03 bits per heavy atom. The van der Waals surface area contributed by atoms with Crippen molar-refractivity contribution in [3.63, 3.8) is 0 Å². The highest BCUT2D eigenvalue weighted by atomic mass is 19.3. The van der Waals surface area contributed by atoms with Crippen molar-refractivity contribution in [3.05, 3.63) is 65.7 Å². The molecular formula is C21H20F3N3O2. The number of nitrogens with zero attached hydrogens (tertiary/aromatic N) is 2. The quantitative estimate of drug-likeness (QED) is 0.701. The van der Waals surface area contributed by atoms with Crippen LogP contribution in [0.3, 0.4) is 0 Å². The third-order valence-electron chi connectivity index (χ3n) is 5.27. The summed E-state index contributed by atoms with van der Waals surface area (Å²) in [6, 6.07) is 10.4. The van der Waals surface area contributed by atoms with Crippen LogP contribution in [-0.4, -0.2) is 38.6 Å². The first-order valence-corrected chi connectivity index (χ1v) is 9.38. The van der Waals surface area contributed by atoms with Gasteiger partial charge in [-0.3, -0.25) is 9.78 Å². The molecule has 29 heavy (non-hydrogen) atoms. The summed E-state index contributed by atoms with van der Waals surface area (Å²) >= 11 is 0. The Balaban J connectivity index is 1.62. The minimum Gasteiger partial charge on any atom is -0.391 e. The fraction of sp³-hybridized carbons (Fsp3) is 0.333. The Labute approximate surface area is 165 Å². The van der Waals surface area contributed by atoms with E-state index in [1.54, 1.807) is 35.0 Å². The third-order valence-corrected chi connectivity index (χ3v) is 5.27. The molecule has 1 aliphatic carbocycles. The largest absolute Gasteiger partial charge is 0.391 e. The highest BCUT2D eigenvalue weighted by Gasteiger charge is 2.41. The van der Waals surface area contributed by atoms with Gasteiger partial charge in [-0.2, -0.15) is 0 Å². The highest BCUT2D eigenvalue weighted by Crippen LogP contribution is 2.33. The monoisotopic (exact) mass is 403 g/mol. The molecule has 0 saturated heterocycles. The second-order valence-electron chi connectivity index (χ2n) is 7.40. The van der Waals surface area contributed by atoms with E-state index in [2.05, 4.69) is 10.3 Å². The van der Waals surface area contributed by atoms with Crippen LogP contribution >= 0.6 is 0 Å². The Kier molecular flexibility index (Phi) is 5.04. The molecule has 1 aliphatic rings. The van der Waals surface area contributed by atoms with E-state index >= 15 is 0 Å². The van der Waals surface area contributed by atoms with Crippen LogP contribution in [-0.2, 0) is 6.54 Å². The van der Waals surface area contributed by atoms with Crippen LogP contribution in [0, 0.1) is 5.82 Å². The molecule has 0 unspecified atom stereocenters. The molecule has 2 aromatic heterocycles. The van der Waals surface area contributed by atoms with Crippen molar-refractivity contribution in [2.24, 2.45) is 0 Å². The highest BCUT2D eigenvalue weighted by molar-refractivity contribution is 5.98. The number of carbonyl (C=O) groups is 1. The van der Waals surface area contributed by atoms with Gasteiger partial charge in [-0.1, -0.05) is 12.1 Å². The first-order chi connectivity index (χ1) is 13.8. The maximum atomic E-state index is 13.5. The molecule has 8 heteroatoms. The zero-order valence-corrected chi connectivity index (χ0v) is 15.5. The minimum atomic E-state index is -2.91. The van der Waals surface area contributed by atoms with E-state index in [1.807, 2.05) is 6.07 Å². The molecule has 2 heterocycles. The van der Waals surface area contributed by atoms with Crippen molar-refractivity contribution in [1.82, 2.24) is 14.9 Å². The number of hydrogen-bond donors (Lipinski definition) is 2. The summed E-state index contributed by atoms with van der Waals surface area (Å²) < 4.78 is 41.9. The van der Waals surface area contributed by atoms with Crippen molar-refractivity contribution in [1.29, 1.82) is 0 Å². The van der Waals surface area contributed by atoms with Gasteiger partial charge in [0.1, 0.15) is 11.5 Å². The zero-order chi connectivity index (χ0) is 20.6. The van der Waals surface area contributed by atoms with E-state index in [0.29, 0.717) is 17.8 Å². The molecule has 0 aliphatic heterocycles. The minimum absolute atomic E-state index is 0.00362. The molecule has 5 nitrogen and oxygen atoms in total. The molecule has 0 bridgehead atoms. The topological polar surface area (TPSA) is 67.2 Å². The third kappa shape index (κ3) is 4.12. The summed E-state index contributed by atoms with van der Waals surface area (Å²) in [6.07, 6.45) is -0.751. The van der Waals surface area contributed by atoms with Crippen LogP contribution < -0.4 is 5.32 Å². The Morgan fingerprint density at radius 3 is 2.76 bits per heavy atom. The number of carbonyl (C=O) groups excluding carboxylic acids is 1. The number of alkyl halides is 2. The molecule has 2 N–H and O–H groups in total. The molecule has 1 aromatic carbocycles. The summed E-state index contributed by atoms with van der Waals surface area (Å²) in [7, 11) is 0. The molecule has 2 atom stereocenters. The number of aliphatic hydroxyl groups is 1. The Bertz CT molecular complexity index is 1030. The van der Waals surface area contributed by atoms with Gasteiger partial charge in [0.05, 0.1) is 23.2 Å². The second-order valence-corrected chi connectivity index (χ2v) is 7.40. The number of aromatic nitrogens is 2. The lowest BCUT2D eigenvalue weighted by molar-refractivity contribution is -0.0862. The van der Waals surface area contributed by atoms with Crippen molar-refractivity contribution in [2.75, 3.05) is 0 Å². The molecule has 152 valence electrons. The number of fused-ring (bicyclic) bond motifs is 1. The predicted molar refractivity (Wildman–Crippen MR) is 101 cm³/mol. The number of aliphatic hydroxyl groups excluding tert-OH is 1. The van der Waals surface area contributed by atoms with Crippen LogP contribution in [0.1, 0.15) is 35.3 Å². The van der Waals surface area contributed by atoms with Crippen molar-refractivity contribution in [3.8, 4) is 0 Å². The lowest BCUT2D eigenvalue weighted by Gasteiger charge is -2.33. The van der Waals surface area contributed by atoms with Gasteiger partial charge in [0.25, 0.3) is 11.8 Å². The Hall–Kier alpha value is -2.87. The van der Waals surface area contributed by atoms with Crippen LogP contribution in [0.15, 0.2) is 48.7 Å². The number of hydrogen-bond acceptors (Lipinski definition) is 3. The predicted octanol–water partition coefficient (Wildman–Crippen LogP) is 3.50. The molecule has 1 amide bonds. The molecule has 0 radical (unpaired) electrons. The van der Waals surface area contributed by atoms with E-state index in [0.717, 1.165) is 11.1 Å². The van der Waals surface area contributed by atoms with Gasteiger partial charge in [-0.25, -0.2) is 13.2 Å². The number of pyridine rings is 1. The van der Waals surface area contributed by atoms with Crippen LogP contribution in [0.5, 0.6) is 0 Å². The van der Waals surface area contributed by atoms with Gasteiger partial charge in [0, 0.05) is 25.6 Å². The first kappa shape index (κ1) is 19.4. The van der Waals surface area contributed by atoms with Gasteiger partial charge < -0.3 is 15.0 Å².